The second-order valence-corrected chi connectivity index (χ2v) is 10.5. The van der Waals surface area contributed by atoms with Crippen molar-refractivity contribution in [2.45, 2.75) is 16.1 Å². The van der Waals surface area contributed by atoms with Gasteiger partial charge < -0.3 is 9.84 Å². The van der Waals surface area contributed by atoms with Crippen LogP contribution in [0.25, 0.3) is 5.76 Å². The molecule has 0 spiro atoms. The van der Waals surface area contributed by atoms with Crippen LogP contribution in [0.5, 0.6) is 5.75 Å². The Morgan fingerprint density at radius 3 is 2.69 bits per heavy atom. The lowest BCUT2D eigenvalue weighted by Crippen LogP contribution is -2.29. The quantitative estimate of drug-likeness (QED) is 0.0709. The summed E-state index contributed by atoms with van der Waals surface area (Å²) in [5, 5.41) is 19.7. The number of hydrogen-bond acceptors (Lipinski definition) is 9. The first-order chi connectivity index (χ1) is 19.0. The summed E-state index contributed by atoms with van der Waals surface area (Å²) in [7, 11) is 0. The van der Waals surface area contributed by atoms with E-state index in [9.17, 15) is 19.1 Å². The van der Waals surface area contributed by atoms with Crippen molar-refractivity contribution >= 4 is 45.7 Å². The summed E-state index contributed by atoms with van der Waals surface area (Å²) in [4.78, 5) is 31.9. The van der Waals surface area contributed by atoms with Crippen molar-refractivity contribution in [3.05, 3.63) is 114 Å². The number of thioether (sulfide) groups is 1. The maximum absolute atomic E-state index is 14.1. The van der Waals surface area contributed by atoms with E-state index in [-0.39, 0.29) is 28.9 Å². The molecule has 3 heterocycles. The van der Waals surface area contributed by atoms with Crippen molar-refractivity contribution in [1.82, 2.24) is 15.2 Å². The highest BCUT2D eigenvalue weighted by Crippen LogP contribution is 2.44. The summed E-state index contributed by atoms with van der Waals surface area (Å²) in [5.41, 5.74) is 1.28. The van der Waals surface area contributed by atoms with Crippen LogP contribution in [0, 0.1) is 5.82 Å². The van der Waals surface area contributed by atoms with Crippen molar-refractivity contribution in [3.8, 4) is 5.75 Å². The van der Waals surface area contributed by atoms with Gasteiger partial charge in [-0.1, -0.05) is 66.1 Å². The molecular weight excluding hydrogens is 539 g/mol. The second-order valence-electron chi connectivity index (χ2n) is 8.31. The van der Waals surface area contributed by atoms with E-state index in [1.54, 1.807) is 60.7 Å². The molecule has 2 aromatic carbocycles. The molecule has 1 aliphatic rings. The first-order valence-electron chi connectivity index (χ1n) is 11.7. The third kappa shape index (κ3) is 5.45. The minimum absolute atomic E-state index is 0.0946. The molecule has 196 valence electrons. The van der Waals surface area contributed by atoms with Gasteiger partial charge in [0.15, 0.2) is 4.34 Å². The van der Waals surface area contributed by atoms with Crippen LogP contribution in [-0.4, -0.2) is 38.6 Å². The lowest BCUT2D eigenvalue weighted by Gasteiger charge is -2.23. The predicted octanol–water partition coefficient (Wildman–Crippen LogP) is 5.56. The van der Waals surface area contributed by atoms with E-state index in [1.807, 2.05) is 0 Å². The fourth-order valence-electron chi connectivity index (χ4n) is 4.05. The fourth-order valence-corrected chi connectivity index (χ4v) is 5.91. The monoisotopic (exact) mass is 560 g/mol. The summed E-state index contributed by atoms with van der Waals surface area (Å²) < 4.78 is 20.2. The summed E-state index contributed by atoms with van der Waals surface area (Å²) in [6, 6.07) is 15.4. The molecule has 5 rings (SSSR count). The Morgan fingerprint density at radius 2 is 1.92 bits per heavy atom. The number of Topliss-reactive ketones (excluding diaryl/α,β-unsaturated/α-hetero) is 1. The van der Waals surface area contributed by atoms with E-state index >= 15 is 0 Å². The number of aromatic nitrogens is 3. The van der Waals surface area contributed by atoms with Crippen LogP contribution in [0.4, 0.5) is 9.52 Å². The van der Waals surface area contributed by atoms with Gasteiger partial charge >= 0.3 is 5.91 Å². The number of amides is 1. The highest BCUT2D eigenvalue weighted by Gasteiger charge is 2.48. The fraction of sp³-hybridized carbons (Fsp3) is 0.107. The predicted molar refractivity (Wildman–Crippen MR) is 147 cm³/mol. The topological polar surface area (TPSA) is 106 Å². The first kappa shape index (κ1) is 26.3. The summed E-state index contributed by atoms with van der Waals surface area (Å²) >= 11 is 2.37. The van der Waals surface area contributed by atoms with Crippen molar-refractivity contribution < 1.29 is 23.8 Å². The molecule has 0 saturated carbocycles. The number of halogens is 1. The first-order valence-corrected chi connectivity index (χ1v) is 13.5. The van der Waals surface area contributed by atoms with E-state index in [0.717, 1.165) is 11.3 Å². The maximum atomic E-state index is 14.1. The molecule has 2 aromatic heterocycles. The number of aliphatic hydroxyl groups excluding tert-OH is 1. The number of carbonyl (C=O) groups is 2. The van der Waals surface area contributed by atoms with Crippen LogP contribution in [0.1, 0.15) is 22.7 Å². The summed E-state index contributed by atoms with van der Waals surface area (Å²) in [6.07, 6.45) is 4.56. The highest BCUT2D eigenvalue weighted by atomic mass is 32.2. The third-order valence-corrected chi connectivity index (χ3v) is 7.96. The van der Waals surface area contributed by atoms with Gasteiger partial charge in [0.25, 0.3) is 5.78 Å². The number of ketones is 1. The summed E-state index contributed by atoms with van der Waals surface area (Å²) in [6.45, 7) is 3.92. The molecule has 39 heavy (non-hydrogen) atoms. The zero-order valence-electron chi connectivity index (χ0n) is 20.4. The van der Waals surface area contributed by atoms with Gasteiger partial charge in [0.05, 0.1) is 11.6 Å². The number of nitrogens with zero attached hydrogens (tertiary/aromatic N) is 4. The van der Waals surface area contributed by atoms with Gasteiger partial charge in [-0.05, 0) is 41.5 Å². The third-order valence-electron chi connectivity index (χ3n) is 5.85. The Labute approximate surface area is 231 Å². The molecular formula is C28H21FN4O4S2. The summed E-state index contributed by atoms with van der Waals surface area (Å²) in [5.74, 6) is -1.55. The van der Waals surface area contributed by atoms with E-state index < -0.39 is 17.7 Å². The molecule has 1 N–H and O–H groups in total. The minimum Gasteiger partial charge on any atom is -0.507 e. The molecule has 1 fully saturated rings. The number of rotatable bonds is 9. The number of carbonyl (C=O) groups excluding carboxylic acids is 2. The van der Waals surface area contributed by atoms with Crippen molar-refractivity contribution in [2.75, 3.05) is 11.5 Å². The molecule has 1 saturated heterocycles. The molecule has 1 aliphatic heterocycles. The lowest BCUT2D eigenvalue weighted by atomic mass is 9.95. The standard InChI is InChI=1S/C28H21FN4O4S2/c1-2-14-37-20-8-5-7-18(15-20)23-22(24(34)17-10-12-30-13-11-17)25(35)26(36)33(23)27-31-32-28(39-27)38-16-19-6-3-4-9-21(19)29/h2-13,15,23,34H,1,14,16H2/b24-22+. The van der Waals surface area contributed by atoms with Crippen molar-refractivity contribution in [3.63, 3.8) is 0 Å². The molecule has 1 atom stereocenters. The highest BCUT2D eigenvalue weighted by molar-refractivity contribution is 8.00. The molecule has 1 amide bonds. The van der Waals surface area contributed by atoms with Crippen LogP contribution in [-0.2, 0) is 15.3 Å². The van der Waals surface area contributed by atoms with Crippen LogP contribution in [0.15, 0.2) is 95.6 Å². The van der Waals surface area contributed by atoms with E-state index in [1.165, 1.54) is 35.1 Å². The largest absolute Gasteiger partial charge is 0.507 e. The number of ether oxygens (including phenoxy) is 1. The second kappa shape index (κ2) is 11.6. The van der Waals surface area contributed by atoms with Crippen molar-refractivity contribution in [1.29, 1.82) is 0 Å². The normalized spacial score (nSPS) is 16.4. The van der Waals surface area contributed by atoms with Gasteiger partial charge in [0.1, 0.15) is 23.9 Å². The number of aliphatic hydroxyl groups is 1. The Balaban J connectivity index is 1.55. The van der Waals surface area contributed by atoms with E-state index in [2.05, 4.69) is 21.8 Å². The van der Waals surface area contributed by atoms with Crippen LogP contribution < -0.4 is 9.64 Å². The average molecular weight is 561 g/mol. The lowest BCUT2D eigenvalue weighted by molar-refractivity contribution is -0.132. The number of anilines is 1. The minimum atomic E-state index is -0.997. The van der Waals surface area contributed by atoms with Crippen LogP contribution in [0.3, 0.4) is 0 Å². The van der Waals surface area contributed by atoms with Gasteiger partial charge in [-0.2, -0.15) is 0 Å². The molecule has 11 heteroatoms. The number of benzene rings is 2. The van der Waals surface area contributed by atoms with Gasteiger partial charge in [0.2, 0.25) is 5.13 Å². The SMILES string of the molecule is C=CCOc1cccc(C2/C(=C(\O)c3ccncc3)C(=O)C(=O)N2c2nnc(SCc3ccccc3F)s2)c1. The van der Waals surface area contributed by atoms with Crippen LogP contribution >= 0.6 is 23.1 Å². The van der Waals surface area contributed by atoms with Gasteiger partial charge in [-0.15, -0.1) is 10.2 Å². The Bertz CT molecular complexity index is 1570. The zero-order valence-corrected chi connectivity index (χ0v) is 22.0. The zero-order chi connectivity index (χ0) is 27.4. The molecule has 0 aliphatic carbocycles. The molecule has 8 nitrogen and oxygen atoms in total. The van der Waals surface area contributed by atoms with Gasteiger partial charge in [0, 0.05) is 23.7 Å². The van der Waals surface area contributed by atoms with E-state index in [0.29, 0.717) is 32.5 Å². The maximum Gasteiger partial charge on any atom is 0.301 e. The van der Waals surface area contributed by atoms with Gasteiger partial charge in [-0.3, -0.25) is 19.5 Å². The number of pyridine rings is 1. The molecule has 0 radical (unpaired) electrons. The van der Waals surface area contributed by atoms with Crippen LogP contribution in [0.2, 0.25) is 0 Å². The molecule has 4 aromatic rings. The Kier molecular flexibility index (Phi) is 7.80. The average Bonchev–Trinajstić information content (AvgIpc) is 3.53. The van der Waals surface area contributed by atoms with E-state index in [4.69, 9.17) is 4.74 Å². The van der Waals surface area contributed by atoms with Gasteiger partial charge in [-0.25, -0.2) is 4.39 Å². The molecule has 1 unspecified atom stereocenters. The Morgan fingerprint density at radius 1 is 1.13 bits per heavy atom. The van der Waals surface area contributed by atoms with Crippen molar-refractivity contribution in [2.24, 2.45) is 0 Å². The molecule has 0 bridgehead atoms. The number of hydrogen-bond donors (Lipinski definition) is 1. The Hall–Kier alpha value is -4.35. The smallest absolute Gasteiger partial charge is 0.301 e.